The lowest BCUT2D eigenvalue weighted by molar-refractivity contribution is -0.153. The van der Waals surface area contributed by atoms with E-state index in [2.05, 4.69) is 33.5 Å². The first-order valence-corrected chi connectivity index (χ1v) is 18.7. The Balaban J connectivity index is 1.45. The molecule has 52 heavy (non-hydrogen) atoms. The Kier molecular flexibility index (Phi) is 11.2. The van der Waals surface area contributed by atoms with Gasteiger partial charge in [-0.15, -0.1) is 13.2 Å². The lowest BCUT2D eigenvalue weighted by atomic mass is 10.1. The first kappa shape index (κ1) is 38.5. The van der Waals surface area contributed by atoms with Crippen molar-refractivity contribution >= 4 is 44.6 Å². The van der Waals surface area contributed by atoms with Crippen molar-refractivity contribution in [3.8, 4) is 11.6 Å². The van der Waals surface area contributed by atoms with Crippen molar-refractivity contribution in [3.05, 3.63) is 55.8 Å². The molecule has 1 unspecified atom stereocenters. The Bertz CT molecular complexity index is 1850. The molecule has 3 aliphatic rings. The number of carbonyl (C=O) groups is 4. The number of hydrogen-bond donors (Lipinski definition) is 4. The molecule has 7 atom stereocenters. The van der Waals surface area contributed by atoms with Gasteiger partial charge in [-0.3, -0.25) is 19.1 Å². The molecule has 2 aliphatic carbocycles. The molecule has 5 rings (SSSR count). The number of allylic oxidation sites excluding steroid dienone is 1. The van der Waals surface area contributed by atoms with Crippen LogP contribution in [-0.4, -0.2) is 102 Å². The van der Waals surface area contributed by atoms with Crippen LogP contribution in [0.1, 0.15) is 59.3 Å². The molecule has 1 saturated heterocycles. The van der Waals surface area contributed by atoms with Gasteiger partial charge in [-0.1, -0.05) is 12.2 Å². The zero-order valence-corrected chi connectivity index (χ0v) is 30.6. The van der Waals surface area contributed by atoms with Crippen LogP contribution in [0.4, 0.5) is 4.79 Å². The molecule has 2 saturated carbocycles. The maximum atomic E-state index is 14.4. The summed E-state index contributed by atoms with van der Waals surface area (Å²) in [5.74, 6) is -1.95. The van der Waals surface area contributed by atoms with E-state index in [1.165, 1.54) is 17.9 Å². The van der Waals surface area contributed by atoms with Gasteiger partial charge in [-0.2, -0.15) is 0 Å². The van der Waals surface area contributed by atoms with Crippen LogP contribution in [0, 0.1) is 5.92 Å². The van der Waals surface area contributed by atoms with Crippen molar-refractivity contribution in [2.75, 3.05) is 13.7 Å². The maximum Gasteiger partial charge on any atom is 0.404 e. The summed E-state index contributed by atoms with van der Waals surface area (Å²) in [7, 11) is -2.46. The van der Waals surface area contributed by atoms with Crippen molar-refractivity contribution in [1.29, 1.82) is 0 Å². The van der Waals surface area contributed by atoms with Crippen LogP contribution < -0.4 is 24.8 Å². The SMILES string of the molecule is C=CCC[C@@H](C)O[C@H](C(=O)N1C[C@H](Oc2nccc3cc(OC)ccc23)C[C@H]1C(=O)N[C@]1(C(=O)NS(=O)(=O)C2(C)CC2)C[C@H]1C=C)C(C)NC(=O)O. The number of carbonyl (C=O) groups excluding carboxylic acids is 3. The predicted molar refractivity (Wildman–Crippen MR) is 191 cm³/mol. The highest BCUT2D eigenvalue weighted by atomic mass is 32.2. The number of hydrogen-bond acceptors (Lipinski definition) is 10. The second-order valence-corrected chi connectivity index (χ2v) is 16.2. The normalized spacial score (nSPS) is 24.8. The number of nitrogens with one attached hydrogen (secondary N) is 3. The number of pyridine rings is 1. The Morgan fingerprint density at radius 3 is 2.52 bits per heavy atom. The number of sulfonamides is 1. The summed E-state index contributed by atoms with van der Waals surface area (Å²) in [5, 5.41) is 16.0. The van der Waals surface area contributed by atoms with E-state index in [1.54, 1.807) is 51.4 Å². The van der Waals surface area contributed by atoms with Crippen LogP contribution in [0.15, 0.2) is 55.8 Å². The highest BCUT2D eigenvalue weighted by Crippen LogP contribution is 2.47. The molecule has 15 nitrogen and oxygen atoms in total. The molecule has 1 aliphatic heterocycles. The second-order valence-electron chi connectivity index (χ2n) is 14.0. The highest BCUT2D eigenvalue weighted by Gasteiger charge is 2.63. The second kappa shape index (κ2) is 15.1. The minimum atomic E-state index is -4.02. The van der Waals surface area contributed by atoms with E-state index in [1.807, 2.05) is 6.07 Å². The van der Waals surface area contributed by atoms with Gasteiger partial charge in [0.2, 0.25) is 21.8 Å². The monoisotopic (exact) mass is 741 g/mol. The summed E-state index contributed by atoms with van der Waals surface area (Å²) in [6.07, 6.45) is 2.77. The lowest BCUT2D eigenvalue weighted by Gasteiger charge is -2.33. The number of benzene rings is 1. The molecule has 0 bridgehead atoms. The third kappa shape index (κ3) is 8.02. The summed E-state index contributed by atoms with van der Waals surface area (Å²) in [6, 6.07) is 4.91. The number of aromatic nitrogens is 1. The summed E-state index contributed by atoms with van der Waals surface area (Å²) in [5.41, 5.74) is -1.60. The Morgan fingerprint density at radius 2 is 1.90 bits per heavy atom. The van der Waals surface area contributed by atoms with E-state index in [0.29, 0.717) is 36.8 Å². The molecule has 16 heteroatoms. The minimum absolute atomic E-state index is 0.0297. The largest absolute Gasteiger partial charge is 0.497 e. The van der Waals surface area contributed by atoms with E-state index in [-0.39, 0.29) is 25.3 Å². The number of methoxy groups -OCH3 is 1. The van der Waals surface area contributed by atoms with Gasteiger partial charge in [0.25, 0.3) is 11.8 Å². The van der Waals surface area contributed by atoms with E-state index in [4.69, 9.17) is 14.2 Å². The molecule has 2 aromatic rings. The molecule has 4 N–H and O–H groups in total. The van der Waals surface area contributed by atoms with Crippen molar-refractivity contribution < 1.29 is 46.9 Å². The molecular weight excluding hydrogens is 694 g/mol. The smallest absolute Gasteiger partial charge is 0.404 e. The first-order valence-electron chi connectivity index (χ1n) is 17.2. The number of rotatable bonds is 17. The molecule has 0 radical (unpaired) electrons. The Hall–Kier alpha value is -4.70. The van der Waals surface area contributed by atoms with Crippen molar-refractivity contribution in [3.63, 3.8) is 0 Å². The summed E-state index contributed by atoms with van der Waals surface area (Å²) in [6.45, 7) is 12.2. The lowest BCUT2D eigenvalue weighted by Crippen LogP contribution is -2.59. The third-order valence-corrected chi connectivity index (χ3v) is 12.3. The van der Waals surface area contributed by atoms with Crippen LogP contribution in [0.2, 0.25) is 0 Å². The predicted octanol–water partition coefficient (Wildman–Crippen LogP) is 3.05. The van der Waals surface area contributed by atoms with Gasteiger partial charge < -0.3 is 34.9 Å². The van der Waals surface area contributed by atoms with Gasteiger partial charge in [0.05, 0.1) is 30.5 Å². The Labute approximate surface area is 303 Å². The van der Waals surface area contributed by atoms with Crippen LogP contribution in [0.3, 0.4) is 0 Å². The molecule has 2 heterocycles. The molecule has 1 aromatic heterocycles. The van der Waals surface area contributed by atoms with Gasteiger partial charge in [-0.05, 0) is 82.5 Å². The van der Waals surface area contributed by atoms with Crippen molar-refractivity contribution in [2.45, 2.75) is 100.0 Å². The van der Waals surface area contributed by atoms with E-state index < -0.39 is 80.4 Å². The minimum Gasteiger partial charge on any atom is -0.497 e. The van der Waals surface area contributed by atoms with E-state index in [9.17, 15) is 32.7 Å². The van der Waals surface area contributed by atoms with E-state index in [0.717, 1.165) is 5.39 Å². The maximum absolute atomic E-state index is 14.4. The average molecular weight is 742 g/mol. The van der Waals surface area contributed by atoms with Crippen LogP contribution in [0.25, 0.3) is 10.8 Å². The molecule has 4 amide bonds. The standard InChI is InChI=1S/C36H47N5O10S/c1-7-9-10-21(3)50-29(22(4)38-34(45)46)32(43)41-20-26(51-31-27-12-11-25(49-6)17-23(27)13-16-37-31)18-28(41)30(42)39-36(19-24(36)8-2)33(44)40-52(47,48)35(5)14-15-35/h7-8,11-13,16-17,21-22,24,26,28-29,38H,1-2,9-10,14-15,18-20H2,3-6H3,(H,39,42)(H,40,44)(H,45,46)/t21-,22?,24-,26-,28+,29+,36-/m1/s1. The number of carboxylic acid groups (broad SMARTS) is 1. The molecular formula is C36H47N5O10S. The van der Waals surface area contributed by atoms with E-state index >= 15 is 0 Å². The first-order chi connectivity index (χ1) is 24.6. The van der Waals surface area contributed by atoms with Gasteiger partial charge >= 0.3 is 6.09 Å². The summed E-state index contributed by atoms with van der Waals surface area (Å²) in [4.78, 5) is 59.6. The van der Waals surface area contributed by atoms with Crippen LogP contribution in [0.5, 0.6) is 11.6 Å². The fourth-order valence-electron chi connectivity index (χ4n) is 6.49. The van der Waals surface area contributed by atoms with Gasteiger partial charge in [-0.25, -0.2) is 18.2 Å². The van der Waals surface area contributed by atoms with Crippen molar-refractivity contribution in [2.24, 2.45) is 5.92 Å². The zero-order chi connectivity index (χ0) is 38.0. The molecule has 1 aromatic carbocycles. The molecule has 3 fully saturated rings. The number of ether oxygens (including phenoxy) is 3. The zero-order valence-electron chi connectivity index (χ0n) is 29.8. The highest BCUT2D eigenvalue weighted by molar-refractivity contribution is 7.91. The van der Waals surface area contributed by atoms with Gasteiger partial charge in [0.1, 0.15) is 23.4 Å². The fraction of sp³-hybridized carbons (Fsp3) is 0.528. The summed E-state index contributed by atoms with van der Waals surface area (Å²) >= 11 is 0. The van der Waals surface area contributed by atoms with Crippen molar-refractivity contribution in [1.82, 2.24) is 25.2 Å². The van der Waals surface area contributed by atoms with Gasteiger partial charge in [0, 0.05) is 23.9 Å². The number of amides is 4. The molecule has 0 spiro atoms. The number of nitrogens with zero attached hydrogens (tertiary/aromatic N) is 2. The third-order valence-electron chi connectivity index (χ3n) is 10.1. The molecule has 282 valence electrons. The topological polar surface area (TPSA) is 203 Å². The van der Waals surface area contributed by atoms with Crippen LogP contribution >= 0.6 is 0 Å². The van der Waals surface area contributed by atoms with Gasteiger partial charge in [0.15, 0.2) is 6.10 Å². The quantitative estimate of drug-likeness (QED) is 0.174. The van der Waals surface area contributed by atoms with Crippen LogP contribution in [-0.2, 0) is 29.1 Å². The number of fused-ring (bicyclic) bond motifs is 1. The Morgan fingerprint density at radius 1 is 1.17 bits per heavy atom. The fourth-order valence-corrected chi connectivity index (χ4v) is 7.81. The summed E-state index contributed by atoms with van der Waals surface area (Å²) < 4.78 is 44.9. The number of likely N-dealkylation sites (tertiary alicyclic amines) is 1. The average Bonchev–Trinajstić information content (AvgIpc) is 3.99.